The van der Waals surface area contributed by atoms with Gasteiger partial charge in [0.1, 0.15) is 5.82 Å². The number of nitrogens with zero attached hydrogens (tertiary/aromatic N) is 4. The molecule has 3 rings (SSSR count). The highest BCUT2D eigenvalue weighted by Crippen LogP contribution is 2.25. The van der Waals surface area contributed by atoms with Gasteiger partial charge in [-0.05, 0) is 38.0 Å². The number of benzene rings is 1. The van der Waals surface area contributed by atoms with Crippen molar-refractivity contribution in [1.29, 1.82) is 5.26 Å². The molecule has 2 aromatic rings. The Labute approximate surface area is 127 Å². The Balaban J connectivity index is 1.84. The normalized spacial score (nSPS) is 17.8. The van der Waals surface area contributed by atoms with Gasteiger partial charge in [-0.25, -0.2) is 0 Å². The van der Waals surface area contributed by atoms with Crippen LogP contribution in [0.4, 0.5) is 0 Å². The zero-order valence-corrected chi connectivity index (χ0v) is 12.6. The van der Waals surface area contributed by atoms with E-state index in [-0.39, 0.29) is 0 Å². The van der Waals surface area contributed by atoms with Crippen molar-refractivity contribution in [3.63, 3.8) is 0 Å². The summed E-state index contributed by atoms with van der Waals surface area (Å²) in [6.45, 7) is 2.78. The second kappa shape index (κ2) is 6.29. The van der Waals surface area contributed by atoms with Crippen LogP contribution in [0.1, 0.15) is 24.2 Å². The fourth-order valence-electron chi connectivity index (χ4n) is 2.39. The van der Waals surface area contributed by atoms with Gasteiger partial charge in [-0.2, -0.15) is 5.26 Å². The Bertz CT molecular complexity index is 671. The van der Waals surface area contributed by atoms with Gasteiger partial charge in [-0.1, -0.05) is 17.8 Å². The van der Waals surface area contributed by atoms with Crippen LogP contribution in [-0.4, -0.2) is 33.2 Å². The summed E-state index contributed by atoms with van der Waals surface area (Å²) in [5.74, 6) is 1.70. The summed E-state index contributed by atoms with van der Waals surface area (Å²) in [5.41, 5.74) is 1.56. The molecule has 1 atom stereocenters. The van der Waals surface area contributed by atoms with Crippen LogP contribution in [0.5, 0.6) is 0 Å². The van der Waals surface area contributed by atoms with Crippen LogP contribution < -0.4 is 0 Å². The third kappa shape index (κ3) is 3.09. The molecule has 1 saturated heterocycles. The standard InChI is InChI=1S/C15H16N4OS/c1-11-17-18-15(21-10-14-6-3-7-20-14)19(11)13-5-2-4-12(8-13)9-16/h2,4-5,8,14H,3,6-7,10H2,1H3. The van der Waals surface area contributed by atoms with E-state index in [9.17, 15) is 0 Å². The molecule has 0 aliphatic carbocycles. The van der Waals surface area contributed by atoms with Gasteiger partial charge in [0.25, 0.3) is 0 Å². The molecule has 0 saturated carbocycles. The number of aromatic nitrogens is 3. The van der Waals surface area contributed by atoms with E-state index in [0.29, 0.717) is 11.7 Å². The fraction of sp³-hybridized carbons (Fsp3) is 0.400. The maximum atomic E-state index is 9.03. The van der Waals surface area contributed by atoms with E-state index in [4.69, 9.17) is 10.00 Å². The van der Waals surface area contributed by atoms with Gasteiger partial charge in [0.2, 0.25) is 0 Å². The number of hydrogen-bond donors (Lipinski definition) is 0. The predicted molar refractivity (Wildman–Crippen MR) is 80.5 cm³/mol. The minimum Gasteiger partial charge on any atom is -0.377 e. The Morgan fingerprint density at radius 3 is 3.14 bits per heavy atom. The van der Waals surface area contributed by atoms with Crippen LogP contribution in [-0.2, 0) is 4.74 Å². The first kappa shape index (κ1) is 14.1. The molecule has 2 heterocycles. The minimum absolute atomic E-state index is 0.311. The number of hydrogen-bond acceptors (Lipinski definition) is 5. The molecule has 1 aromatic carbocycles. The maximum Gasteiger partial charge on any atom is 0.195 e. The first-order chi connectivity index (χ1) is 10.3. The van der Waals surface area contributed by atoms with Crippen molar-refractivity contribution >= 4 is 11.8 Å². The molecule has 0 amide bonds. The van der Waals surface area contributed by atoms with Gasteiger partial charge < -0.3 is 4.74 Å². The molecule has 0 N–H and O–H groups in total. The zero-order chi connectivity index (χ0) is 14.7. The Kier molecular flexibility index (Phi) is 4.23. The summed E-state index contributed by atoms with van der Waals surface area (Å²) in [6, 6.07) is 9.65. The molecule has 0 spiro atoms. The topological polar surface area (TPSA) is 63.7 Å². The van der Waals surface area contributed by atoms with Crippen LogP contribution in [0, 0.1) is 18.3 Å². The lowest BCUT2D eigenvalue weighted by Gasteiger charge is -2.11. The van der Waals surface area contributed by atoms with Gasteiger partial charge in [-0.15, -0.1) is 10.2 Å². The zero-order valence-electron chi connectivity index (χ0n) is 11.8. The molecule has 5 nitrogen and oxygen atoms in total. The number of rotatable bonds is 4. The van der Waals surface area contributed by atoms with Crippen molar-refractivity contribution < 1.29 is 4.74 Å². The van der Waals surface area contributed by atoms with E-state index in [1.807, 2.05) is 29.7 Å². The van der Waals surface area contributed by atoms with Crippen LogP contribution >= 0.6 is 11.8 Å². The summed E-state index contributed by atoms with van der Waals surface area (Å²) in [7, 11) is 0. The van der Waals surface area contributed by atoms with Crippen molar-refractivity contribution in [2.75, 3.05) is 12.4 Å². The van der Waals surface area contributed by atoms with E-state index < -0.39 is 0 Å². The minimum atomic E-state index is 0.311. The van der Waals surface area contributed by atoms with E-state index in [1.165, 1.54) is 0 Å². The lowest BCUT2D eigenvalue weighted by atomic mass is 10.2. The summed E-state index contributed by atoms with van der Waals surface area (Å²) >= 11 is 1.65. The molecule has 1 aliphatic heterocycles. The summed E-state index contributed by atoms with van der Waals surface area (Å²) in [6.07, 6.45) is 2.57. The van der Waals surface area contributed by atoms with Gasteiger partial charge in [0.05, 0.1) is 23.4 Å². The summed E-state index contributed by atoms with van der Waals surface area (Å²) in [4.78, 5) is 0. The summed E-state index contributed by atoms with van der Waals surface area (Å²) in [5, 5.41) is 18.3. The first-order valence-electron chi connectivity index (χ1n) is 6.95. The quantitative estimate of drug-likeness (QED) is 0.812. The van der Waals surface area contributed by atoms with E-state index in [0.717, 1.165) is 41.9 Å². The Morgan fingerprint density at radius 1 is 1.48 bits per heavy atom. The number of aryl methyl sites for hydroxylation is 1. The molecular formula is C15H16N4OS. The number of thioether (sulfide) groups is 1. The van der Waals surface area contributed by atoms with Crippen molar-refractivity contribution in [2.24, 2.45) is 0 Å². The van der Waals surface area contributed by atoms with Crippen molar-refractivity contribution in [1.82, 2.24) is 14.8 Å². The smallest absolute Gasteiger partial charge is 0.195 e. The molecule has 0 radical (unpaired) electrons. The third-order valence-electron chi connectivity index (χ3n) is 3.45. The average Bonchev–Trinajstić information content (AvgIpc) is 3.14. The van der Waals surface area contributed by atoms with Gasteiger partial charge >= 0.3 is 0 Å². The molecule has 1 unspecified atom stereocenters. The highest BCUT2D eigenvalue weighted by molar-refractivity contribution is 7.99. The Hall–Kier alpha value is -1.84. The first-order valence-corrected chi connectivity index (χ1v) is 7.93. The molecule has 108 valence electrons. The van der Waals surface area contributed by atoms with Crippen molar-refractivity contribution in [3.8, 4) is 11.8 Å². The molecule has 1 fully saturated rings. The number of ether oxygens (including phenoxy) is 1. The Morgan fingerprint density at radius 2 is 2.38 bits per heavy atom. The molecule has 1 aromatic heterocycles. The third-order valence-corrected chi connectivity index (χ3v) is 4.51. The summed E-state index contributed by atoms with van der Waals surface area (Å²) < 4.78 is 7.63. The van der Waals surface area contributed by atoms with Gasteiger partial charge in [0.15, 0.2) is 5.16 Å². The van der Waals surface area contributed by atoms with Crippen molar-refractivity contribution in [3.05, 3.63) is 35.7 Å². The second-order valence-electron chi connectivity index (χ2n) is 4.97. The maximum absolute atomic E-state index is 9.03. The van der Waals surface area contributed by atoms with Crippen LogP contribution in [0.2, 0.25) is 0 Å². The van der Waals surface area contributed by atoms with E-state index >= 15 is 0 Å². The fourth-order valence-corrected chi connectivity index (χ4v) is 3.45. The van der Waals surface area contributed by atoms with Crippen LogP contribution in [0.3, 0.4) is 0 Å². The lowest BCUT2D eigenvalue weighted by molar-refractivity contribution is 0.129. The molecular weight excluding hydrogens is 284 g/mol. The predicted octanol–water partition coefficient (Wildman–Crippen LogP) is 2.72. The van der Waals surface area contributed by atoms with E-state index in [2.05, 4.69) is 16.3 Å². The number of nitriles is 1. The van der Waals surface area contributed by atoms with Crippen molar-refractivity contribution in [2.45, 2.75) is 31.0 Å². The average molecular weight is 300 g/mol. The monoisotopic (exact) mass is 300 g/mol. The highest BCUT2D eigenvalue weighted by Gasteiger charge is 2.18. The highest BCUT2D eigenvalue weighted by atomic mass is 32.2. The van der Waals surface area contributed by atoms with Gasteiger partial charge in [-0.3, -0.25) is 4.57 Å². The molecule has 21 heavy (non-hydrogen) atoms. The lowest BCUT2D eigenvalue weighted by Crippen LogP contribution is -2.09. The molecule has 6 heteroatoms. The SMILES string of the molecule is Cc1nnc(SCC2CCCO2)n1-c1cccc(C#N)c1. The van der Waals surface area contributed by atoms with Crippen LogP contribution in [0.25, 0.3) is 5.69 Å². The largest absolute Gasteiger partial charge is 0.377 e. The molecule has 1 aliphatic rings. The second-order valence-corrected chi connectivity index (χ2v) is 5.96. The van der Waals surface area contributed by atoms with Crippen LogP contribution in [0.15, 0.2) is 29.4 Å². The van der Waals surface area contributed by atoms with Gasteiger partial charge in [0, 0.05) is 12.4 Å². The van der Waals surface area contributed by atoms with E-state index in [1.54, 1.807) is 17.8 Å². The molecule has 0 bridgehead atoms.